The Kier molecular flexibility index (Phi) is 5.09. The minimum atomic E-state index is -0.501. The van der Waals surface area contributed by atoms with Crippen molar-refractivity contribution in [1.82, 2.24) is 0 Å². The zero-order valence-electron chi connectivity index (χ0n) is 14.3. The zero-order valence-corrected chi connectivity index (χ0v) is 15.1. The van der Waals surface area contributed by atoms with Crippen LogP contribution in [-0.4, -0.2) is 24.8 Å². The van der Waals surface area contributed by atoms with Crippen molar-refractivity contribution < 1.29 is 14.3 Å². The molecule has 0 bridgehead atoms. The highest BCUT2D eigenvalue weighted by molar-refractivity contribution is 6.54. The van der Waals surface area contributed by atoms with Crippen LogP contribution in [0.3, 0.4) is 0 Å². The maximum Gasteiger partial charge on any atom is 0.299 e. The highest BCUT2D eigenvalue weighted by Crippen LogP contribution is 2.35. The van der Waals surface area contributed by atoms with Crippen molar-refractivity contribution in [2.75, 3.05) is 18.1 Å². The van der Waals surface area contributed by atoms with E-state index < -0.39 is 11.7 Å². The molecule has 1 amide bonds. The average Bonchev–Trinajstić information content (AvgIpc) is 2.83. The number of aryl methyl sites for hydroxylation is 2. The van der Waals surface area contributed by atoms with E-state index in [-0.39, 0.29) is 0 Å². The van der Waals surface area contributed by atoms with Gasteiger partial charge >= 0.3 is 0 Å². The van der Waals surface area contributed by atoms with Crippen LogP contribution >= 0.6 is 11.6 Å². The van der Waals surface area contributed by atoms with Crippen LogP contribution in [0.15, 0.2) is 36.4 Å². The number of hydrogen-bond donors (Lipinski definition) is 0. The fraction of sp³-hybridized carbons (Fsp3) is 0.300. The summed E-state index contributed by atoms with van der Waals surface area (Å²) in [6.45, 7) is 5.07. The molecule has 0 atom stereocenters. The maximum absolute atomic E-state index is 12.2. The molecule has 25 heavy (non-hydrogen) atoms. The molecule has 0 aliphatic carbocycles. The average molecular weight is 358 g/mol. The number of benzene rings is 2. The Morgan fingerprint density at radius 2 is 1.88 bits per heavy atom. The van der Waals surface area contributed by atoms with Crippen LogP contribution in [-0.2, 0) is 4.79 Å². The molecule has 1 heterocycles. The summed E-state index contributed by atoms with van der Waals surface area (Å²) in [5, 5.41) is 0.434. The Hall–Kier alpha value is -2.33. The monoisotopic (exact) mass is 357 g/mol. The summed E-state index contributed by atoms with van der Waals surface area (Å²) in [4.78, 5) is 25.7. The number of rotatable bonds is 6. The molecule has 1 aliphatic heterocycles. The molecule has 0 unspecified atom stereocenters. The summed E-state index contributed by atoms with van der Waals surface area (Å²) in [6.07, 6.45) is 1.51. The number of para-hydroxylation sites is 1. The van der Waals surface area contributed by atoms with Crippen LogP contribution in [0.4, 0.5) is 5.69 Å². The molecule has 0 saturated carbocycles. The topological polar surface area (TPSA) is 46.6 Å². The smallest absolute Gasteiger partial charge is 0.299 e. The molecule has 0 fully saturated rings. The van der Waals surface area contributed by atoms with Crippen molar-refractivity contribution in [3.05, 3.63) is 58.1 Å². The molecule has 1 aliphatic rings. The van der Waals surface area contributed by atoms with Gasteiger partial charge in [-0.05, 0) is 56.0 Å². The Bertz CT molecular complexity index is 832. The summed E-state index contributed by atoms with van der Waals surface area (Å²) in [7, 11) is 0. The number of carbonyl (C=O) groups excluding carboxylic acids is 2. The van der Waals surface area contributed by atoms with Gasteiger partial charge in [-0.2, -0.15) is 0 Å². The number of ketones is 1. The van der Waals surface area contributed by atoms with Gasteiger partial charge in [-0.1, -0.05) is 29.8 Å². The van der Waals surface area contributed by atoms with Crippen LogP contribution in [0.5, 0.6) is 5.75 Å². The van der Waals surface area contributed by atoms with Crippen molar-refractivity contribution in [3.63, 3.8) is 0 Å². The van der Waals surface area contributed by atoms with Gasteiger partial charge in [0, 0.05) is 6.54 Å². The molecule has 4 nitrogen and oxygen atoms in total. The van der Waals surface area contributed by atoms with E-state index >= 15 is 0 Å². The summed E-state index contributed by atoms with van der Waals surface area (Å²) in [5.41, 5.74) is 3.19. The quantitative estimate of drug-likeness (QED) is 0.570. The molecule has 2 aromatic rings. The van der Waals surface area contributed by atoms with Crippen molar-refractivity contribution in [1.29, 1.82) is 0 Å². The standard InChI is InChI=1S/C20H20ClNO3/c1-13-8-9-14(2)17(12-13)25-11-4-3-10-22-18-15(19(23)20(22)24)6-5-7-16(18)21/h5-9,12H,3-4,10-11H2,1-2H3. The van der Waals surface area contributed by atoms with Crippen molar-refractivity contribution in [2.24, 2.45) is 0 Å². The second-order valence-electron chi connectivity index (χ2n) is 6.25. The predicted molar refractivity (Wildman–Crippen MR) is 98.8 cm³/mol. The van der Waals surface area contributed by atoms with Gasteiger partial charge in [0.05, 0.1) is 22.9 Å². The Morgan fingerprint density at radius 3 is 2.68 bits per heavy atom. The van der Waals surface area contributed by atoms with Crippen LogP contribution in [0.2, 0.25) is 5.02 Å². The molecule has 5 heteroatoms. The van der Waals surface area contributed by atoms with E-state index in [4.69, 9.17) is 16.3 Å². The van der Waals surface area contributed by atoms with E-state index in [1.165, 1.54) is 4.90 Å². The van der Waals surface area contributed by atoms with Gasteiger partial charge in [-0.15, -0.1) is 0 Å². The van der Waals surface area contributed by atoms with Crippen molar-refractivity contribution in [3.8, 4) is 5.75 Å². The normalized spacial score (nSPS) is 13.3. The summed E-state index contributed by atoms with van der Waals surface area (Å²) >= 11 is 6.18. The van der Waals surface area contributed by atoms with E-state index in [2.05, 4.69) is 6.07 Å². The number of anilines is 1. The molecule has 130 valence electrons. The molecule has 0 radical (unpaired) electrons. The van der Waals surface area contributed by atoms with Crippen LogP contribution in [0.1, 0.15) is 34.3 Å². The highest BCUT2D eigenvalue weighted by Gasteiger charge is 2.36. The van der Waals surface area contributed by atoms with Crippen molar-refractivity contribution >= 4 is 29.0 Å². The summed E-state index contributed by atoms with van der Waals surface area (Å²) in [6, 6.07) is 11.1. The number of amides is 1. The second kappa shape index (κ2) is 7.28. The fourth-order valence-corrected chi connectivity index (χ4v) is 3.22. The summed E-state index contributed by atoms with van der Waals surface area (Å²) in [5.74, 6) is -0.0940. The molecule has 0 aromatic heterocycles. The number of unbranched alkanes of at least 4 members (excludes halogenated alkanes) is 1. The lowest BCUT2D eigenvalue weighted by Gasteiger charge is -2.17. The van der Waals surface area contributed by atoms with E-state index in [0.717, 1.165) is 29.7 Å². The van der Waals surface area contributed by atoms with Gasteiger partial charge < -0.3 is 9.64 Å². The largest absolute Gasteiger partial charge is 0.493 e. The van der Waals surface area contributed by atoms with Gasteiger partial charge in [0.15, 0.2) is 0 Å². The molecule has 0 spiro atoms. The summed E-state index contributed by atoms with van der Waals surface area (Å²) < 4.78 is 5.83. The molecule has 2 aromatic carbocycles. The first-order valence-electron chi connectivity index (χ1n) is 8.34. The second-order valence-corrected chi connectivity index (χ2v) is 6.65. The van der Waals surface area contributed by atoms with E-state index in [1.54, 1.807) is 18.2 Å². The minimum absolute atomic E-state index is 0.393. The Morgan fingerprint density at radius 1 is 1.08 bits per heavy atom. The molecular weight excluding hydrogens is 338 g/mol. The minimum Gasteiger partial charge on any atom is -0.493 e. The third kappa shape index (κ3) is 3.54. The first-order valence-corrected chi connectivity index (χ1v) is 8.71. The van der Waals surface area contributed by atoms with E-state index in [9.17, 15) is 9.59 Å². The lowest BCUT2D eigenvalue weighted by Crippen LogP contribution is -2.31. The number of fused-ring (bicyclic) bond motifs is 1. The van der Waals surface area contributed by atoms with Crippen molar-refractivity contribution in [2.45, 2.75) is 26.7 Å². The van der Waals surface area contributed by atoms with E-state index in [1.807, 2.05) is 26.0 Å². The molecule has 3 rings (SSSR count). The van der Waals surface area contributed by atoms with Gasteiger partial charge in [0.2, 0.25) is 0 Å². The van der Waals surface area contributed by atoms with Gasteiger partial charge in [0.25, 0.3) is 11.7 Å². The lowest BCUT2D eigenvalue weighted by molar-refractivity contribution is -0.114. The van der Waals surface area contributed by atoms with Gasteiger partial charge in [0.1, 0.15) is 5.75 Å². The number of ether oxygens (including phenoxy) is 1. The number of hydrogen-bond acceptors (Lipinski definition) is 3. The lowest BCUT2D eigenvalue weighted by atomic mass is 10.1. The van der Waals surface area contributed by atoms with Gasteiger partial charge in [-0.3, -0.25) is 9.59 Å². The third-order valence-corrected chi connectivity index (χ3v) is 4.62. The van der Waals surface area contributed by atoms with E-state index in [0.29, 0.717) is 29.4 Å². The van der Waals surface area contributed by atoms with Gasteiger partial charge in [-0.25, -0.2) is 0 Å². The van der Waals surface area contributed by atoms with Crippen LogP contribution in [0, 0.1) is 13.8 Å². The zero-order chi connectivity index (χ0) is 18.0. The third-order valence-electron chi connectivity index (χ3n) is 4.32. The number of nitrogens with zero attached hydrogens (tertiary/aromatic N) is 1. The SMILES string of the molecule is Cc1ccc(C)c(OCCCCN2C(=O)C(=O)c3cccc(Cl)c32)c1. The van der Waals surface area contributed by atoms with Crippen LogP contribution in [0.25, 0.3) is 0 Å². The molecule has 0 saturated heterocycles. The predicted octanol–water partition coefficient (Wildman–Crippen LogP) is 4.35. The Balaban J connectivity index is 1.56. The number of Topliss-reactive ketones (excluding diaryl/α,β-unsaturated/α-hetero) is 1. The number of halogens is 1. The number of carbonyl (C=O) groups is 2. The molecule has 0 N–H and O–H groups in total. The fourth-order valence-electron chi connectivity index (χ4n) is 2.94. The highest BCUT2D eigenvalue weighted by atomic mass is 35.5. The molecular formula is C20H20ClNO3. The first-order chi connectivity index (χ1) is 12.0. The maximum atomic E-state index is 12.2. The van der Waals surface area contributed by atoms with Crippen LogP contribution < -0.4 is 9.64 Å². The first kappa shape index (κ1) is 17.5. The Labute approximate surface area is 152 Å².